The van der Waals surface area contributed by atoms with Crippen molar-refractivity contribution in [3.05, 3.63) is 0 Å². The van der Waals surface area contributed by atoms with Crippen molar-refractivity contribution in [3.8, 4) is 0 Å². The number of carbonyl (C=O) groups is 3. The van der Waals surface area contributed by atoms with E-state index in [1.165, 1.54) is 0 Å². The fraction of sp³-hybridized carbons (Fsp3) is 0.833. The Bertz CT molecular complexity index is 549. The first-order valence-electron chi connectivity index (χ1n) is 9.60. The Kier molecular flexibility index (Phi) is 6.91. The Morgan fingerprint density at radius 2 is 1.96 bits per heavy atom. The molecule has 3 N–H and O–H groups in total. The van der Waals surface area contributed by atoms with E-state index in [9.17, 15) is 14.4 Å². The molecule has 1 saturated carbocycles. The van der Waals surface area contributed by atoms with Crippen molar-refractivity contribution in [1.82, 2.24) is 20.9 Å². The Morgan fingerprint density at radius 3 is 2.58 bits per heavy atom. The van der Waals surface area contributed by atoms with Crippen LogP contribution in [-0.4, -0.2) is 53.5 Å². The Morgan fingerprint density at radius 1 is 1.27 bits per heavy atom. The smallest absolute Gasteiger partial charge is 0.325 e. The molecule has 0 aromatic rings. The van der Waals surface area contributed by atoms with E-state index >= 15 is 0 Å². The molecule has 7 nitrogen and oxygen atoms in total. The highest BCUT2D eigenvalue weighted by Gasteiger charge is 2.52. The fourth-order valence-electron chi connectivity index (χ4n) is 4.42. The molecule has 0 radical (unpaired) electrons. The summed E-state index contributed by atoms with van der Waals surface area (Å²) < 4.78 is 0. The van der Waals surface area contributed by atoms with Crippen LogP contribution in [0.2, 0.25) is 0 Å². The zero-order chi connectivity index (χ0) is 18.0. The molecule has 2 heterocycles. The number of urea groups is 1. The summed E-state index contributed by atoms with van der Waals surface area (Å²) in [5.74, 6) is 0.164. The molecule has 0 bridgehead atoms. The van der Waals surface area contributed by atoms with E-state index in [-0.39, 0.29) is 36.8 Å². The third-order valence-corrected chi connectivity index (χ3v) is 6.07. The van der Waals surface area contributed by atoms with Crippen molar-refractivity contribution >= 4 is 30.3 Å². The molecule has 1 aliphatic carbocycles. The number of carbonyl (C=O) groups excluding carboxylic acids is 3. The van der Waals surface area contributed by atoms with E-state index in [2.05, 4.69) is 29.8 Å². The van der Waals surface area contributed by atoms with Crippen molar-refractivity contribution in [2.45, 2.75) is 76.4 Å². The van der Waals surface area contributed by atoms with Crippen LogP contribution in [-0.2, 0) is 9.59 Å². The number of nitrogens with zero attached hydrogens (tertiary/aromatic N) is 1. The molecule has 3 rings (SSSR count). The second-order valence-corrected chi connectivity index (χ2v) is 7.90. The summed E-state index contributed by atoms with van der Waals surface area (Å²) in [6.45, 7) is 4.95. The monoisotopic (exact) mass is 386 g/mol. The van der Waals surface area contributed by atoms with Crippen LogP contribution >= 0.6 is 12.4 Å². The highest BCUT2D eigenvalue weighted by atomic mass is 35.5. The predicted octanol–water partition coefficient (Wildman–Crippen LogP) is 1.56. The van der Waals surface area contributed by atoms with Crippen LogP contribution in [0, 0.1) is 5.92 Å². The molecule has 2 aliphatic heterocycles. The molecule has 3 fully saturated rings. The van der Waals surface area contributed by atoms with Gasteiger partial charge in [-0.05, 0) is 57.9 Å². The van der Waals surface area contributed by atoms with Gasteiger partial charge in [-0.3, -0.25) is 14.5 Å². The summed E-state index contributed by atoms with van der Waals surface area (Å²) >= 11 is 0. The zero-order valence-corrected chi connectivity index (χ0v) is 16.5. The Hall–Kier alpha value is -1.34. The molecule has 2 atom stereocenters. The molecule has 4 amide bonds. The lowest BCUT2D eigenvalue weighted by atomic mass is 9.75. The SMILES string of the molecule is CCC1CCC2(CC1)NC(=O)N(CC(=O)NC1CCNC(C)C1)C2=O.Cl. The van der Waals surface area contributed by atoms with Gasteiger partial charge in [0, 0.05) is 12.1 Å². The van der Waals surface area contributed by atoms with E-state index in [1.807, 2.05) is 0 Å². The number of hydrogen-bond donors (Lipinski definition) is 3. The summed E-state index contributed by atoms with van der Waals surface area (Å²) in [4.78, 5) is 38.5. The number of nitrogens with one attached hydrogen (secondary N) is 3. The summed E-state index contributed by atoms with van der Waals surface area (Å²) in [5, 5.41) is 9.19. The third kappa shape index (κ3) is 4.31. The minimum absolute atomic E-state index is 0. The van der Waals surface area contributed by atoms with Gasteiger partial charge in [-0.2, -0.15) is 0 Å². The maximum Gasteiger partial charge on any atom is 0.325 e. The van der Waals surface area contributed by atoms with E-state index < -0.39 is 11.6 Å². The van der Waals surface area contributed by atoms with E-state index in [0.717, 1.165) is 43.5 Å². The summed E-state index contributed by atoms with van der Waals surface area (Å²) in [7, 11) is 0. The van der Waals surface area contributed by atoms with Crippen molar-refractivity contribution < 1.29 is 14.4 Å². The maximum absolute atomic E-state index is 12.8. The Balaban J connectivity index is 0.00000243. The number of hydrogen-bond acceptors (Lipinski definition) is 4. The predicted molar refractivity (Wildman–Crippen MR) is 101 cm³/mol. The molecule has 0 aromatic carbocycles. The average Bonchev–Trinajstić information content (AvgIpc) is 2.80. The number of imide groups is 1. The number of amides is 4. The second-order valence-electron chi connectivity index (χ2n) is 7.90. The minimum Gasteiger partial charge on any atom is -0.352 e. The third-order valence-electron chi connectivity index (χ3n) is 6.07. The zero-order valence-electron chi connectivity index (χ0n) is 15.7. The second kappa shape index (κ2) is 8.57. The molecule has 0 aromatic heterocycles. The lowest BCUT2D eigenvalue weighted by Gasteiger charge is -2.34. The molecule has 2 unspecified atom stereocenters. The van der Waals surface area contributed by atoms with Crippen LogP contribution in [0.4, 0.5) is 4.79 Å². The number of rotatable bonds is 4. The van der Waals surface area contributed by atoms with Gasteiger partial charge in [0.1, 0.15) is 12.1 Å². The summed E-state index contributed by atoms with van der Waals surface area (Å²) in [5.41, 5.74) is -0.772. The molecular formula is C18H31ClN4O3. The van der Waals surface area contributed by atoms with Gasteiger partial charge in [0.05, 0.1) is 0 Å². The van der Waals surface area contributed by atoms with Gasteiger partial charge < -0.3 is 16.0 Å². The lowest BCUT2D eigenvalue weighted by Crippen LogP contribution is -2.51. The topological polar surface area (TPSA) is 90.5 Å². The van der Waals surface area contributed by atoms with Crippen LogP contribution < -0.4 is 16.0 Å². The summed E-state index contributed by atoms with van der Waals surface area (Å²) in [6, 6.07) is 0.0556. The van der Waals surface area contributed by atoms with Crippen LogP contribution in [0.25, 0.3) is 0 Å². The fourth-order valence-corrected chi connectivity index (χ4v) is 4.42. The van der Waals surface area contributed by atoms with Gasteiger partial charge in [-0.25, -0.2) is 4.79 Å². The van der Waals surface area contributed by atoms with Crippen molar-refractivity contribution in [1.29, 1.82) is 0 Å². The van der Waals surface area contributed by atoms with Crippen LogP contribution in [0.5, 0.6) is 0 Å². The standard InChI is InChI=1S/C18H30N4O3.ClH/c1-3-13-4-7-18(8-5-13)16(24)22(17(25)21-18)11-15(23)20-14-6-9-19-12(2)10-14;/h12-14,19H,3-11H2,1-2H3,(H,20,23)(H,21,25);1H. The number of halogens is 1. The van der Waals surface area contributed by atoms with Crippen molar-refractivity contribution in [3.63, 3.8) is 0 Å². The van der Waals surface area contributed by atoms with Crippen LogP contribution in [0.1, 0.15) is 58.8 Å². The molecule has 26 heavy (non-hydrogen) atoms. The highest BCUT2D eigenvalue weighted by Crippen LogP contribution is 2.37. The number of piperidine rings is 1. The van der Waals surface area contributed by atoms with Gasteiger partial charge in [0.25, 0.3) is 5.91 Å². The van der Waals surface area contributed by atoms with Gasteiger partial charge in [0.2, 0.25) is 5.91 Å². The Labute approximate surface area is 161 Å². The summed E-state index contributed by atoms with van der Waals surface area (Å²) in [6.07, 6.45) is 6.12. The first kappa shape index (κ1) is 21.0. The van der Waals surface area contributed by atoms with Gasteiger partial charge in [0.15, 0.2) is 0 Å². The van der Waals surface area contributed by atoms with Gasteiger partial charge >= 0.3 is 6.03 Å². The molecule has 2 saturated heterocycles. The first-order chi connectivity index (χ1) is 11.9. The largest absolute Gasteiger partial charge is 0.352 e. The van der Waals surface area contributed by atoms with Crippen LogP contribution in [0.3, 0.4) is 0 Å². The van der Waals surface area contributed by atoms with Crippen molar-refractivity contribution in [2.24, 2.45) is 5.92 Å². The van der Waals surface area contributed by atoms with E-state index in [4.69, 9.17) is 0 Å². The van der Waals surface area contributed by atoms with E-state index in [0.29, 0.717) is 24.8 Å². The normalized spacial score (nSPS) is 34.4. The van der Waals surface area contributed by atoms with Crippen LogP contribution in [0.15, 0.2) is 0 Å². The molecular weight excluding hydrogens is 356 g/mol. The molecule has 3 aliphatic rings. The van der Waals surface area contributed by atoms with Gasteiger partial charge in [-0.15, -0.1) is 12.4 Å². The van der Waals surface area contributed by atoms with Gasteiger partial charge in [-0.1, -0.05) is 13.3 Å². The van der Waals surface area contributed by atoms with E-state index in [1.54, 1.807) is 0 Å². The minimum atomic E-state index is -0.772. The van der Waals surface area contributed by atoms with Crippen molar-refractivity contribution in [2.75, 3.05) is 13.1 Å². The average molecular weight is 387 g/mol. The molecule has 148 valence electrons. The molecule has 1 spiro atoms. The highest BCUT2D eigenvalue weighted by molar-refractivity contribution is 6.09. The first-order valence-corrected chi connectivity index (χ1v) is 9.60. The lowest BCUT2D eigenvalue weighted by molar-refractivity contribution is -0.136. The quantitative estimate of drug-likeness (QED) is 0.639. The maximum atomic E-state index is 12.8. The molecule has 8 heteroatoms.